The summed E-state index contributed by atoms with van der Waals surface area (Å²) in [5.74, 6) is -1.05. The zero-order chi connectivity index (χ0) is 45.1. The number of rotatable bonds is 41. The van der Waals surface area contributed by atoms with Crippen LogP contribution in [0.15, 0.2) is 85.1 Å². The summed E-state index contributed by atoms with van der Waals surface area (Å²) in [4.78, 5) is 37.6. The van der Waals surface area contributed by atoms with Gasteiger partial charge in [0, 0.05) is 12.8 Å². The van der Waals surface area contributed by atoms with E-state index in [1.54, 1.807) is 12.2 Å². The minimum Gasteiger partial charge on any atom is -0.756 e. The summed E-state index contributed by atoms with van der Waals surface area (Å²) in [6, 6.07) is 0. The number of likely N-dealkylation sites (N-methyl/N-ethyl adjacent to an activating group) is 1. The Hall–Kier alpha value is -2.85. The Morgan fingerprint density at radius 3 is 1.74 bits per heavy atom. The molecule has 0 radical (unpaired) electrons. The summed E-state index contributed by atoms with van der Waals surface area (Å²) in [7, 11) is 1.05. The standard InChI is InChI=1S/C50H86NO9P/c1-6-8-10-12-14-16-18-20-21-22-23-24-25-27-29-31-33-35-37-41-50(54)60-48(46-59-61(55,56)58-44-43-51(3,4)5)45-57-49(53)42-38-40-47(52)39-36-34-32-30-28-26-19-17-15-13-11-9-7-2/h9,11,14-17,20-21,26,28,32,34,36,39,47-48,52H,6-8,10,12-13,18-19,22-25,27,29-31,33,35,37-38,40-46H2,1-5H3/b11-9-,16-14-,17-15-,21-20-,28-26-,34-32-,39-36+/t47?,48-/m1/s1. The van der Waals surface area contributed by atoms with Crippen LogP contribution in [-0.2, 0) is 32.7 Å². The number of hydrogen-bond acceptors (Lipinski definition) is 9. The Morgan fingerprint density at radius 2 is 1.15 bits per heavy atom. The highest BCUT2D eigenvalue weighted by molar-refractivity contribution is 7.45. The van der Waals surface area contributed by atoms with Gasteiger partial charge in [-0.25, -0.2) is 0 Å². The van der Waals surface area contributed by atoms with Crippen molar-refractivity contribution in [2.24, 2.45) is 0 Å². The molecule has 0 heterocycles. The Kier molecular flexibility index (Phi) is 39.3. The maximum atomic E-state index is 12.7. The van der Waals surface area contributed by atoms with Gasteiger partial charge in [0.25, 0.3) is 7.82 Å². The van der Waals surface area contributed by atoms with E-state index >= 15 is 0 Å². The van der Waals surface area contributed by atoms with Crippen molar-refractivity contribution in [2.75, 3.05) is 47.5 Å². The largest absolute Gasteiger partial charge is 0.756 e. The number of allylic oxidation sites excluding steroid dienone is 13. The third-order valence-corrected chi connectivity index (χ3v) is 10.5. The number of unbranched alkanes of at least 4 members (excludes halogenated alkanes) is 12. The normalized spacial score (nSPS) is 14.8. The summed E-state index contributed by atoms with van der Waals surface area (Å²) in [6.45, 7) is 3.84. The molecule has 350 valence electrons. The van der Waals surface area contributed by atoms with Crippen molar-refractivity contribution in [1.82, 2.24) is 0 Å². The molecule has 0 aliphatic heterocycles. The zero-order valence-corrected chi connectivity index (χ0v) is 39.8. The average Bonchev–Trinajstić information content (AvgIpc) is 3.21. The Balaban J connectivity index is 4.51. The van der Waals surface area contributed by atoms with E-state index in [-0.39, 0.29) is 26.1 Å². The predicted molar refractivity (Wildman–Crippen MR) is 251 cm³/mol. The fraction of sp³-hybridized carbons (Fsp3) is 0.680. The molecule has 0 aliphatic carbocycles. The highest BCUT2D eigenvalue weighted by Crippen LogP contribution is 2.38. The van der Waals surface area contributed by atoms with Gasteiger partial charge >= 0.3 is 11.9 Å². The number of hydrogen-bond donors (Lipinski definition) is 1. The molecule has 0 amide bonds. The number of aliphatic hydroxyl groups is 1. The number of phosphoric ester groups is 1. The number of aliphatic hydroxyl groups excluding tert-OH is 1. The van der Waals surface area contributed by atoms with Gasteiger partial charge in [-0.1, -0.05) is 157 Å². The van der Waals surface area contributed by atoms with Crippen molar-refractivity contribution in [3.05, 3.63) is 85.1 Å². The summed E-state index contributed by atoms with van der Waals surface area (Å²) in [5, 5.41) is 10.3. The lowest BCUT2D eigenvalue weighted by molar-refractivity contribution is -0.870. The lowest BCUT2D eigenvalue weighted by atomic mass is 10.1. The summed E-state index contributed by atoms with van der Waals surface area (Å²) in [5.41, 5.74) is 0. The summed E-state index contributed by atoms with van der Waals surface area (Å²) in [6.07, 6.45) is 49.3. The highest BCUT2D eigenvalue weighted by atomic mass is 31.2. The first-order chi connectivity index (χ1) is 29.4. The highest BCUT2D eigenvalue weighted by Gasteiger charge is 2.22. The molecule has 0 saturated carbocycles. The minimum atomic E-state index is -4.68. The van der Waals surface area contributed by atoms with E-state index in [4.69, 9.17) is 18.5 Å². The van der Waals surface area contributed by atoms with Crippen LogP contribution in [0.3, 0.4) is 0 Å². The number of esters is 2. The van der Waals surface area contributed by atoms with Gasteiger partial charge in [-0.3, -0.25) is 14.2 Å². The van der Waals surface area contributed by atoms with Crippen LogP contribution < -0.4 is 4.89 Å². The van der Waals surface area contributed by atoms with Gasteiger partial charge in [-0.05, 0) is 77.0 Å². The van der Waals surface area contributed by atoms with Crippen LogP contribution in [0.5, 0.6) is 0 Å². The van der Waals surface area contributed by atoms with Gasteiger partial charge in [-0.15, -0.1) is 0 Å². The first-order valence-corrected chi connectivity index (χ1v) is 24.9. The lowest BCUT2D eigenvalue weighted by Crippen LogP contribution is -2.37. The third kappa shape index (κ3) is 45.0. The topological polar surface area (TPSA) is 131 Å². The van der Waals surface area contributed by atoms with Gasteiger partial charge in [0.1, 0.15) is 19.8 Å². The van der Waals surface area contributed by atoms with E-state index in [2.05, 4.69) is 74.6 Å². The van der Waals surface area contributed by atoms with E-state index in [1.165, 1.54) is 57.8 Å². The number of ether oxygens (including phenoxy) is 2. The monoisotopic (exact) mass is 876 g/mol. The van der Waals surface area contributed by atoms with Crippen LogP contribution in [0.1, 0.15) is 162 Å². The molecular formula is C50H86NO9P. The number of phosphoric acid groups is 1. The smallest absolute Gasteiger partial charge is 0.306 e. The molecule has 0 aromatic rings. The van der Waals surface area contributed by atoms with Crippen molar-refractivity contribution < 1.29 is 47.2 Å². The third-order valence-electron chi connectivity index (χ3n) is 9.50. The van der Waals surface area contributed by atoms with Gasteiger partial charge in [0.05, 0.1) is 33.9 Å². The second-order valence-corrected chi connectivity index (χ2v) is 18.0. The molecule has 1 N–H and O–H groups in total. The molecule has 0 fully saturated rings. The maximum absolute atomic E-state index is 12.7. The van der Waals surface area contributed by atoms with Crippen LogP contribution in [0, 0.1) is 0 Å². The van der Waals surface area contributed by atoms with Gasteiger partial charge in [-0.2, -0.15) is 0 Å². The van der Waals surface area contributed by atoms with E-state index in [0.717, 1.165) is 57.8 Å². The fourth-order valence-electron chi connectivity index (χ4n) is 5.83. The van der Waals surface area contributed by atoms with Crippen LogP contribution in [-0.4, -0.2) is 81.2 Å². The van der Waals surface area contributed by atoms with Crippen molar-refractivity contribution in [3.8, 4) is 0 Å². The molecule has 0 aliphatic rings. The number of nitrogens with zero attached hydrogens (tertiary/aromatic N) is 1. The van der Waals surface area contributed by atoms with E-state index in [9.17, 15) is 24.2 Å². The molecule has 61 heavy (non-hydrogen) atoms. The molecule has 10 nitrogen and oxygen atoms in total. The average molecular weight is 876 g/mol. The van der Waals surface area contributed by atoms with Crippen LogP contribution in [0.2, 0.25) is 0 Å². The molecule has 0 aromatic carbocycles. The Morgan fingerprint density at radius 1 is 0.623 bits per heavy atom. The summed E-state index contributed by atoms with van der Waals surface area (Å²) < 4.78 is 33.8. The number of carbonyl (C=O) groups is 2. The van der Waals surface area contributed by atoms with Gasteiger partial charge < -0.3 is 33.0 Å². The van der Waals surface area contributed by atoms with E-state index in [1.807, 2.05) is 33.3 Å². The number of quaternary nitrogens is 1. The van der Waals surface area contributed by atoms with Crippen molar-refractivity contribution >= 4 is 19.8 Å². The van der Waals surface area contributed by atoms with Crippen molar-refractivity contribution in [2.45, 2.75) is 174 Å². The van der Waals surface area contributed by atoms with E-state index in [0.29, 0.717) is 30.3 Å². The number of carbonyl (C=O) groups excluding carboxylic acids is 2. The van der Waals surface area contributed by atoms with Crippen molar-refractivity contribution in [3.63, 3.8) is 0 Å². The zero-order valence-electron chi connectivity index (χ0n) is 38.9. The minimum absolute atomic E-state index is 0.0410. The molecule has 11 heteroatoms. The molecule has 2 unspecified atom stereocenters. The molecular weight excluding hydrogens is 790 g/mol. The fourth-order valence-corrected chi connectivity index (χ4v) is 6.56. The molecule has 0 aromatic heterocycles. The first kappa shape index (κ1) is 58.1. The Bertz CT molecular complexity index is 1330. The first-order valence-electron chi connectivity index (χ1n) is 23.4. The van der Waals surface area contributed by atoms with Crippen molar-refractivity contribution in [1.29, 1.82) is 0 Å². The summed E-state index contributed by atoms with van der Waals surface area (Å²) >= 11 is 0. The molecule has 3 atom stereocenters. The molecule has 0 rings (SSSR count). The molecule has 0 bridgehead atoms. The maximum Gasteiger partial charge on any atom is 0.306 e. The lowest BCUT2D eigenvalue weighted by Gasteiger charge is -2.28. The van der Waals surface area contributed by atoms with Gasteiger partial charge in [0.2, 0.25) is 0 Å². The second kappa shape index (κ2) is 41.2. The quantitative estimate of drug-likeness (QED) is 0.0159. The van der Waals surface area contributed by atoms with Crippen LogP contribution in [0.25, 0.3) is 0 Å². The van der Waals surface area contributed by atoms with Gasteiger partial charge in [0.15, 0.2) is 6.10 Å². The molecule has 0 spiro atoms. The van der Waals surface area contributed by atoms with Crippen LogP contribution >= 0.6 is 7.82 Å². The van der Waals surface area contributed by atoms with Crippen LogP contribution in [0.4, 0.5) is 0 Å². The predicted octanol–water partition coefficient (Wildman–Crippen LogP) is 11.9. The SMILES string of the molecule is CC/C=C\C/C=C\C/C=C\C/C=C\C=C\C(O)CCCC(=O)OC[C@H](COP(=O)([O-])OCC[N+](C)(C)C)OC(=O)CCCCCCCCCCC/C=C\C/C=C\CCCCC. The molecule has 0 saturated heterocycles. The van der Waals surface area contributed by atoms with E-state index < -0.39 is 38.6 Å². The second-order valence-electron chi connectivity index (χ2n) is 16.6. The Labute approximate surface area is 372 Å².